The number of nitrogens with one attached hydrogen (secondary N) is 14. The van der Waals surface area contributed by atoms with Crippen LogP contribution in [0.4, 0.5) is 11.6 Å². The topological polar surface area (TPSA) is 975 Å². The molecule has 1 aromatic carbocycles. The smallest absolute Gasteiger partial charge is 0.327 e. The zero-order valence-electron chi connectivity index (χ0n) is 69.5. The van der Waals surface area contributed by atoms with Crippen LogP contribution in [0.1, 0.15) is 106 Å². The van der Waals surface area contributed by atoms with E-state index >= 15 is 0 Å². The Morgan fingerprint density at radius 2 is 0.710 bits per heavy atom. The SMILES string of the molecule is Nc1nc(=O)c2nc(CNc3ccc(C(=O)N[C@H](CCC(=O)N[C@@H](CCC(=O)NC[C@H](O)[C@@H](O)[C@H](O)[C@H](O)CO)C(=O)N[C@@H](CCC(=O)O)C(=O)N[C@@H](CCC(=O)NC[C@H](O)[C@@H](O)[C@H](O)[C@H](O)CO)C(=O)N[C@@H](CCC(=O)O)C(=O)N[C@@H](CCC(=O)NC[C@H](O)[C@@H](O)[C@H](O)[C@H](O)CO)C(=O)NC[C@H](N)C(=O)N[C@@H](CCC(=O)O)C(=O)N[C@@H](CS)C(=O)O)C(=O)O)cc3)cnc2[nH]1. The maximum Gasteiger partial charge on any atom is 0.327 e. The van der Waals surface area contributed by atoms with E-state index in [-0.39, 0.29) is 34.9 Å². The molecule has 57 nitrogen and oxygen atoms in total. The number of aliphatic hydroxyl groups excluding tert-OH is 15. The Labute approximate surface area is 745 Å². The molecule has 3 rings (SSSR count). The van der Waals surface area contributed by atoms with Gasteiger partial charge in [0.25, 0.3) is 5.91 Å². The number of anilines is 2. The number of thiol groups is 1. The van der Waals surface area contributed by atoms with Gasteiger partial charge in [0.1, 0.15) is 109 Å². The van der Waals surface area contributed by atoms with Crippen molar-refractivity contribution in [2.75, 3.05) is 62.8 Å². The van der Waals surface area contributed by atoms with E-state index in [1.54, 1.807) is 0 Å². The maximum atomic E-state index is 14.8. The number of hydrogen-bond donors (Lipinski definition) is 37. The van der Waals surface area contributed by atoms with Crippen LogP contribution in [0.2, 0.25) is 0 Å². The van der Waals surface area contributed by atoms with E-state index in [0.717, 1.165) is 0 Å². The minimum Gasteiger partial charge on any atom is -0.481 e. The summed E-state index contributed by atoms with van der Waals surface area (Å²) in [6.07, 6.45) is -37.4. The largest absolute Gasteiger partial charge is 0.481 e. The van der Waals surface area contributed by atoms with Crippen molar-refractivity contribution < 1.29 is 184 Å². The molecule has 0 spiro atoms. The number of carbonyl (C=O) groups is 17. The first-order chi connectivity index (χ1) is 61.6. The summed E-state index contributed by atoms with van der Waals surface area (Å²) in [6.45, 7) is -7.22. The predicted octanol–water partition coefficient (Wildman–Crippen LogP) is -16.7. The number of aliphatic hydroxyl groups is 15. The Balaban J connectivity index is 2.13. The van der Waals surface area contributed by atoms with Gasteiger partial charge in [-0.3, -0.25) is 76.7 Å². The molecule has 58 heteroatoms. The number of H-pyrrole nitrogens is 1. The van der Waals surface area contributed by atoms with Gasteiger partial charge in [0.15, 0.2) is 11.2 Å². The number of nitrogen functional groups attached to an aromatic ring is 1. The lowest BCUT2D eigenvalue weighted by atomic mass is 10.0. The van der Waals surface area contributed by atoms with Gasteiger partial charge in [0, 0.05) is 88.1 Å². The summed E-state index contributed by atoms with van der Waals surface area (Å²) in [7, 11) is 0. The highest BCUT2D eigenvalue weighted by atomic mass is 32.1. The van der Waals surface area contributed by atoms with E-state index in [2.05, 4.69) is 96.4 Å². The number of carbonyl (C=O) groups excluding carboxylic acids is 12. The van der Waals surface area contributed by atoms with Crippen LogP contribution in [0.15, 0.2) is 35.3 Å². The number of nitrogens with two attached hydrogens (primary N) is 2. The van der Waals surface area contributed by atoms with E-state index in [4.69, 9.17) is 11.5 Å². The van der Waals surface area contributed by atoms with Gasteiger partial charge in [-0.25, -0.2) is 19.6 Å². The minimum absolute atomic E-state index is 0.0158. The lowest BCUT2D eigenvalue weighted by Gasteiger charge is -2.28. The molecule has 0 saturated heterocycles. The Kier molecular flexibility index (Phi) is 49.2. The molecule has 12 amide bonds. The molecule has 0 saturated carbocycles. The molecule has 0 radical (unpaired) electrons. The second-order valence-electron chi connectivity index (χ2n) is 29.4. The van der Waals surface area contributed by atoms with E-state index in [1.165, 1.54) is 30.5 Å². The predicted molar refractivity (Wildman–Crippen MR) is 441 cm³/mol. The van der Waals surface area contributed by atoms with Gasteiger partial charge in [-0.1, -0.05) is 0 Å². The summed E-state index contributed by atoms with van der Waals surface area (Å²) in [5, 5.41) is 227. The lowest BCUT2D eigenvalue weighted by Crippen LogP contribution is -2.60. The maximum absolute atomic E-state index is 14.8. The van der Waals surface area contributed by atoms with Crippen LogP contribution >= 0.6 is 12.6 Å². The molecule has 0 bridgehead atoms. The fourth-order valence-electron chi connectivity index (χ4n) is 11.5. The molecule has 0 aliphatic carbocycles. The number of amides is 12. The standard InChI is InChI=1S/C73H111N19O38S/c74-32(63(119)84-36(9-16-51(106)107)69(125)90-40(28-131)72(129)130)21-81-64(120)33(5-12-47(102)77-22-41(96)55(112)58(115)44(99)25-93)85-67(123)37(10-17-52(108)109)88-66(122)35(7-14-49(104)79-24-43(98)57(114)60(117)46(101)27-95)86-68(124)38(11-18-53(110)111)87-65(121)34(6-13-48(103)78-23-42(97)56(113)59(116)45(100)26-94)83-50(105)15-8-39(71(127)128)89-62(118)29-1-3-30(4-2-29)76-19-31-20-80-61-54(82-31)70(126)92-73(75)91-61/h1-4,20,32-46,55-60,76,93-101,112-117,131H,5-19,21-28,74H2,(H,77,102)(H,78,103)(H,79,104)(H,81,120)(H,83,105)(H,84,119)(H,85,123)(H,86,124)(H,87,121)(H,88,122)(H,89,118)(H,90,125)(H,106,107)(H,108,109)(H,110,111)(H,127,128)(H,129,130)(H3,75,80,91,92,126)/t32-,33-,34-,35-,36-,37-,38-,39+,40-,41-,42-,43-,44+,45+,46+,55+,56+,57+,58+,59+,60+/m0/s1. The van der Waals surface area contributed by atoms with Crippen LogP contribution in [-0.4, -0.2) is 402 Å². The number of hydrogen-bond acceptors (Lipinski definition) is 40. The van der Waals surface area contributed by atoms with Crippen molar-refractivity contribution in [2.45, 2.75) is 224 Å². The van der Waals surface area contributed by atoms with Crippen LogP contribution in [0, 0.1) is 0 Å². The molecule has 732 valence electrons. The number of aliphatic carboxylic acids is 5. The number of fused-ring (bicyclic) bond motifs is 1. The molecule has 3 aromatic rings. The van der Waals surface area contributed by atoms with Crippen molar-refractivity contribution in [3.05, 3.63) is 52.1 Å². The first-order valence-electron chi connectivity index (χ1n) is 39.9. The van der Waals surface area contributed by atoms with Gasteiger partial charge in [0.2, 0.25) is 70.9 Å². The van der Waals surface area contributed by atoms with Gasteiger partial charge in [-0.15, -0.1) is 0 Å². The molecule has 21 atom stereocenters. The van der Waals surface area contributed by atoms with Crippen molar-refractivity contribution >= 4 is 136 Å². The van der Waals surface area contributed by atoms with Gasteiger partial charge < -0.3 is 188 Å². The summed E-state index contributed by atoms with van der Waals surface area (Å²) < 4.78 is 0. The number of carboxylic acids is 5. The molecule has 2 aromatic heterocycles. The van der Waals surface area contributed by atoms with Crippen LogP contribution in [0.5, 0.6) is 0 Å². The van der Waals surface area contributed by atoms with Crippen LogP contribution < -0.4 is 86.1 Å². The second-order valence-corrected chi connectivity index (χ2v) is 29.8. The molecule has 0 aliphatic heterocycles. The highest BCUT2D eigenvalue weighted by molar-refractivity contribution is 7.80. The van der Waals surface area contributed by atoms with E-state index in [9.17, 15) is 188 Å². The molecule has 0 fully saturated rings. The number of nitrogens with zero attached hydrogens (tertiary/aromatic N) is 3. The van der Waals surface area contributed by atoms with Crippen molar-refractivity contribution in [3.8, 4) is 0 Å². The number of rotatable bonds is 63. The number of aromatic nitrogens is 4. The van der Waals surface area contributed by atoms with Crippen LogP contribution in [0.25, 0.3) is 11.2 Å². The zero-order chi connectivity index (χ0) is 98.8. The molecule has 0 aliphatic rings. The number of aromatic amines is 1. The average molecular weight is 1890 g/mol. The minimum atomic E-state index is -2.32. The van der Waals surface area contributed by atoms with Crippen molar-refractivity contribution in [2.24, 2.45) is 5.73 Å². The molecular formula is C73H111N19O38S. The van der Waals surface area contributed by atoms with Crippen molar-refractivity contribution in [1.29, 1.82) is 0 Å². The van der Waals surface area contributed by atoms with Crippen molar-refractivity contribution in [1.82, 2.24) is 83.7 Å². The van der Waals surface area contributed by atoms with Gasteiger partial charge in [-0.05, 0) is 69.2 Å². The van der Waals surface area contributed by atoms with E-state index in [1.807, 2.05) is 5.32 Å². The Bertz CT molecular complexity index is 4430. The first kappa shape index (κ1) is 113. The monoisotopic (exact) mass is 1890 g/mol. The van der Waals surface area contributed by atoms with Gasteiger partial charge in [-0.2, -0.15) is 17.6 Å². The highest BCUT2D eigenvalue weighted by Gasteiger charge is 2.39. The fraction of sp³-hybridized carbons (Fsp3) is 0.603. The lowest BCUT2D eigenvalue weighted by molar-refractivity contribution is -0.142. The fourth-order valence-corrected chi connectivity index (χ4v) is 11.8. The average Bonchev–Trinajstić information content (AvgIpc) is 0.807. The number of carboxylic acid groups (broad SMARTS) is 5. The summed E-state index contributed by atoms with van der Waals surface area (Å²) in [4.78, 5) is 254. The third-order valence-corrected chi connectivity index (χ3v) is 19.6. The molecule has 2 heterocycles. The van der Waals surface area contributed by atoms with E-state index in [0.29, 0.717) is 5.69 Å². The summed E-state index contributed by atoms with van der Waals surface area (Å²) >= 11 is 3.83. The molecular weight excluding hydrogens is 1780 g/mol. The summed E-state index contributed by atoms with van der Waals surface area (Å²) in [5.41, 5.74) is 11.3. The van der Waals surface area contributed by atoms with E-state index < -0.39 is 376 Å². The Hall–Kier alpha value is -12.3. The molecule has 0 unspecified atom stereocenters. The summed E-state index contributed by atoms with van der Waals surface area (Å²) in [6, 6.07) is -13.1. The normalized spacial score (nSPS) is 16.2. The van der Waals surface area contributed by atoms with Crippen LogP contribution in [-0.2, 0) is 83.3 Å². The van der Waals surface area contributed by atoms with Gasteiger partial charge in [0.05, 0.1) is 56.6 Å². The Morgan fingerprint density at radius 3 is 1.07 bits per heavy atom. The quantitative estimate of drug-likeness (QED) is 0.0233. The molecule has 131 heavy (non-hydrogen) atoms. The number of benzene rings is 1. The molecule has 38 N–H and O–H groups in total. The Morgan fingerprint density at radius 1 is 0.382 bits per heavy atom. The van der Waals surface area contributed by atoms with Crippen LogP contribution in [0.3, 0.4) is 0 Å². The van der Waals surface area contributed by atoms with Crippen molar-refractivity contribution in [3.63, 3.8) is 0 Å². The van der Waals surface area contributed by atoms with Gasteiger partial charge >= 0.3 is 35.4 Å². The second kappa shape index (κ2) is 57.0. The highest BCUT2D eigenvalue weighted by Crippen LogP contribution is 2.17. The third kappa shape index (κ3) is 39.9. The first-order valence-corrected chi connectivity index (χ1v) is 40.5. The zero-order valence-corrected chi connectivity index (χ0v) is 70.4. The third-order valence-electron chi connectivity index (χ3n) is 19.2. The summed E-state index contributed by atoms with van der Waals surface area (Å²) in [5.74, 6) is -25.0.